The molecule has 1 aliphatic rings. The lowest BCUT2D eigenvalue weighted by Crippen LogP contribution is -2.35. The smallest absolute Gasteiger partial charge is 0.207 e. The Morgan fingerprint density at radius 1 is 1.11 bits per heavy atom. The van der Waals surface area contributed by atoms with E-state index in [1.54, 1.807) is 0 Å². The van der Waals surface area contributed by atoms with E-state index in [4.69, 9.17) is 4.98 Å². The highest BCUT2D eigenvalue weighted by molar-refractivity contribution is 7.15. The van der Waals surface area contributed by atoms with Gasteiger partial charge in [-0.25, -0.2) is 4.98 Å². The Balaban J connectivity index is 0.000000221. The summed E-state index contributed by atoms with van der Waals surface area (Å²) in [5.74, 6) is 0. The van der Waals surface area contributed by atoms with Crippen molar-refractivity contribution in [2.24, 2.45) is 0 Å². The Morgan fingerprint density at radius 3 is 2.29 bits per heavy atom. The molecule has 2 heterocycles. The van der Waals surface area contributed by atoms with Gasteiger partial charge in [0, 0.05) is 23.5 Å². The third kappa shape index (κ3) is 6.42. The fourth-order valence-corrected chi connectivity index (χ4v) is 5.02. The SMILES string of the molecule is CCc1sc(-c2c(C)cc(C)cc2C)nc1C.O=CNCCN1CCCCC1. The van der Waals surface area contributed by atoms with Gasteiger partial charge in [0.1, 0.15) is 5.01 Å². The van der Waals surface area contributed by atoms with Crippen molar-refractivity contribution in [2.45, 2.75) is 60.3 Å². The predicted molar refractivity (Wildman–Crippen MR) is 120 cm³/mol. The molecule has 4 nitrogen and oxygen atoms in total. The monoisotopic (exact) mass is 401 g/mol. The molecule has 1 aromatic carbocycles. The van der Waals surface area contributed by atoms with Crippen LogP contribution in [0.5, 0.6) is 0 Å². The molecule has 2 aromatic rings. The van der Waals surface area contributed by atoms with Gasteiger partial charge >= 0.3 is 0 Å². The number of aromatic nitrogens is 1. The van der Waals surface area contributed by atoms with Gasteiger partial charge in [-0.15, -0.1) is 11.3 Å². The minimum Gasteiger partial charge on any atom is -0.357 e. The Morgan fingerprint density at radius 2 is 1.75 bits per heavy atom. The van der Waals surface area contributed by atoms with E-state index in [1.807, 2.05) is 11.3 Å². The highest BCUT2D eigenvalue weighted by Gasteiger charge is 2.13. The van der Waals surface area contributed by atoms with E-state index in [0.29, 0.717) is 0 Å². The van der Waals surface area contributed by atoms with Crippen molar-refractivity contribution in [3.05, 3.63) is 39.4 Å². The van der Waals surface area contributed by atoms with Gasteiger partial charge in [0.25, 0.3) is 0 Å². The molecule has 1 saturated heterocycles. The predicted octanol–water partition coefficient (Wildman–Crippen LogP) is 4.82. The van der Waals surface area contributed by atoms with Crippen molar-refractivity contribution in [3.8, 4) is 10.6 Å². The Labute approximate surface area is 174 Å². The van der Waals surface area contributed by atoms with Crippen LogP contribution in [-0.4, -0.2) is 42.5 Å². The summed E-state index contributed by atoms with van der Waals surface area (Å²) in [6.07, 6.45) is 5.86. The van der Waals surface area contributed by atoms with Crippen molar-refractivity contribution in [1.82, 2.24) is 15.2 Å². The lowest BCUT2D eigenvalue weighted by Gasteiger charge is -2.25. The number of piperidine rings is 1. The molecular formula is C23H35N3OS. The number of carbonyl (C=O) groups is 1. The molecule has 0 atom stereocenters. The average molecular weight is 402 g/mol. The van der Waals surface area contributed by atoms with Crippen LogP contribution in [0.25, 0.3) is 10.6 Å². The highest BCUT2D eigenvalue weighted by atomic mass is 32.1. The van der Waals surface area contributed by atoms with Crippen molar-refractivity contribution in [3.63, 3.8) is 0 Å². The van der Waals surface area contributed by atoms with E-state index < -0.39 is 0 Å². The standard InChI is InChI=1S/C15H19NS.C8H16N2O/c1-6-13-12(5)16-15(17-13)14-10(3)7-9(2)8-11(14)4;11-8-9-4-7-10-5-2-1-3-6-10/h7-8H,6H2,1-5H3;8H,1-7H2,(H,9,11). The van der Waals surface area contributed by atoms with Gasteiger partial charge in [-0.3, -0.25) is 4.79 Å². The Hall–Kier alpha value is -1.72. The van der Waals surface area contributed by atoms with Crippen molar-refractivity contribution in [2.75, 3.05) is 26.2 Å². The summed E-state index contributed by atoms with van der Waals surface area (Å²) in [6, 6.07) is 4.48. The normalized spacial score (nSPS) is 14.3. The summed E-state index contributed by atoms with van der Waals surface area (Å²) in [4.78, 5) is 18.4. The van der Waals surface area contributed by atoms with Gasteiger partial charge in [0.15, 0.2) is 0 Å². The molecule has 154 valence electrons. The second-order valence-corrected chi connectivity index (χ2v) is 8.71. The van der Waals surface area contributed by atoms with E-state index in [-0.39, 0.29) is 0 Å². The summed E-state index contributed by atoms with van der Waals surface area (Å²) >= 11 is 1.84. The van der Waals surface area contributed by atoms with Crippen LogP contribution in [0.2, 0.25) is 0 Å². The van der Waals surface area contributed by atoms with Crippen LogP contribution in [0.1, 0.15) is 53.4 Å². The number of benzene rings is 1. The first-order chi connectivity index (χ1) is 13.5. The zero-order chi connectivity index (χ0) is 20.5. The molecule has 5 heteroatoms. The first-order valence-corrected chi connectivity index (χ1v) is 11.2. The molecular weight excluding hydrogens is 366 g/mol. The molecule has 0 unspecified atom stereocenters. The number of rotatable bonds is 6. The zero-order valence-corrected chi connectivity index (χ0v) is 18.9. The van der Waals surface area contributed by atoms with E-state index in [0.717, 1.165) is 25.9 Å². The first kappa shape index (κ1) is 22.6. The first-order valence-electron chi connectivity index (χ1n) is 10.4. The largest absolute Gasteiger partial charge is 0.357 e. The fraction of sp³-hybridized carbons (Fsp3) is 0.565. The molecule has 0 aliphatic carbocycles. The van der Waals surface area contributed by atoms with Gasteiger partial charge in [0.05, 0.1) is 5.69 Å². The maximum Gasteiger partial charge on any atom is 0.207 e. The summed E-state index contributed by atoms with van der Waals surface area (Å²) in [7, 11) is 0. The van der Waals surface area contributed by atoms with Crippen LogP contribution >= 0.6 is 11.3 Å². The van der Waals surface area contributed by atoms with Gasteiger partial charge in [-0.05, 0) is 71.2 Å². The summed E-state index contributed by atoms with van der Waals surface area (Å²) < 4.78 is 0. The maximum absolute atomic E-state index is 9.92. The van der Waals surface area contributed by atoms with Gasteiger partial charge in [-0.2, -0.15) is 0 Å². The summed E-state index contributed by atoms with van der Waals surface area (Å²) in [5.41, 5.74) is 6.50. The number of hydrogen-bond donors (Lipinski definition) is 1. The van der Waals surface area contributed by atoms with Gasteiger partial charge in [-0.1, -0.05) is 31.0 Å². The quantitative estimate of drug-likeness (QED) is 0.557. The number of carbonyl (C=O) groups excluding carboxylic acids is 1. The molecule has 1 aliphatic heterocycles. The lowest BCUT2D eigenvalue weighted by molar-refractivity contribution is -0.109. The van der Waals surface area contributed by atoms with Crippen LogP contribution < -0.4 is 5.32 Å². The Kier molecular flexibility index (Phi) is 9.13. The summed E-state index contributed by atoms with van der Waals surface area (Å²) in [5, 5.41) is 3.85. The number of hydrogen-bond acceptors (Lipinski definition) is 4. The third-order valence-electron chi connectivity index (χ3n) is 5.21. The number of amides is 1. The second kappa shape index (κ2) is 11.3. The third-order valence-corrected chi connectivity index (χ3v) is 6.53. The van der Waals surface area contributed by atoms with E-state index in [2.05, 4.69) is 57.0 Å². The van der Waals surface area contributed by atoms with Crippen molar-refractivity contribution < 1.29 is 4.79 Å². The van der Waals surface area contributed by atoms with Crippen LogP contribution in [-0.2, 0) is 11.2 Å². The lowest BCUT2D eigenvalue weighted by atomic mass is 10.0. The maximum atomic E-state index is 9.92. The molecule has 0 bridgehead atoms. The van der Waals surface area contributed by atoms with Crippen LogP contribution in [0.15, 0.2) is 12.1 Å². The molecule has 1 amide bonds. The molecule has 1 fully saturated rings. The second-order valence-electron chi connectivity index (χ2n) is 7.63. The van der Waals surface area contributed by atoms with E-state index >= 15 is 0 Å². The highest BCUT2D eigenvalue weighted by Crippen LogP contribution is 2.33. The van der Waals surface area contributed by atoms with Crippen LogP contribution in [0, 0.1) is 27.7 Å². The Bertz CT molecular complexity index is 740. The zero-order valence-electron chi connectivity index (χ0n) is 18.1. The van der Waals surface area contributed by atoms with Gasteiger partial charge in [0.2, 0.25) is 6.41 Å². The van der Waals surface area contributed by atoms with E-state index in [9.17, 15) is 4.79 Å². The number of nitrogens with zero attached hydrogens (tertiary/aromatic N) is 2. The molecule has 28 heavy (non-hydrogen) atoms. The number of aryl methyl sites for hydroxylation is 5. The minimum atomic E-state index is 0.768. The van der Waals surface area contributed by atoms with Crippen molar-refractivity contribution in [1.29, 1.82) is 0 Å². The molecule has 1 aromatic heterocycles. The molecule has 1 N–H and O–H groups in total. The van der Waals surface area contributed by atoms with Crippen molar-refractivity contribution >= 4 is 17.7 Å². The number of likely N-dealkylation sites (tertiary alicyclic amines) is 1. The molecule has 0 saturated carbocycles. The van der Waals surface area contributed by atoms with Gasteiger partial charge < -0.3 is 10.2 Å². The number of thiazole rings is 1. The van der Waals surface area contributed by atoms with Crippen LogP contribution in [0.3, 0.4) is 0 Å². The molecule has 0 radical (unpaired) electrons. The average Bonchev–Trinajstić information content (AvgIpc) is 3.03. The topological polar surface area (TPSA) is 45.2 Å². The van der Waals surface area contributed by atoms with Crippen LogP contribution in [0.4, 0.5) is 0 Å². The van der Waals surface area contributed by atoms with E-state index in [1.165, 1.54) is 70.2 Å². The number of nitrogens with one attached hydrogen (secondary N) is 1. The summed E-state index contributed by atoms with van der Waals surface area (Å²) in [6.45, 7) is 15.0. The molecule has 3 rings (SSSR count). The minimum absolute atomic E-state index is 0.768. The fourth-order valence-electron chi connectivity index (χ4n) is 3.84. The molecule has 0 spiro atoms.